The van der Waals surface area contributed by atoms with Crippen LogP contribution in [0.1, 0.15) is 17.2 Å². The summed E-state index contributed by atoms with van der Waals surface area (Å²) in [6.07, 6.45) is 2.86. The van der Waals surface area contributed by atoms with Crippen LogP contribution in [0, 0.1) is 5.82 Å². The third-order valence-electron chi connectivity index (χ3n) is 4.70. The molecular weight excluding hydrogens is 359 g/mol. The first-order chi connectivity index (χ1) is 13.7. The zero-order valence-electron chi connectivity index (χ0n) is 15.9. The number of methoxy groups -OCH3 is 1. The van der Waals surface area contributed by atoms with Crippen molar-refractivity contribution >= 4 is 12.0 Å². The molecule has 2 aromatic rings. The number of hydrogen-bond acceptors (Lipinski definition) is 4. The Labute approximate surface area is 164 Å². The Balaban J connectivity index is 1.71. The van der Waals surface area contributed by atoms with Crippen molar-refractivity contribution in [2.75, 3.05) is 40.0 Å². The summed E-state index contributed by atoms with van der Waals surface area (Å²) in [4.78, 5) is 14.8. The summed E-state index contributed by atoms with van der Waals surface area (Å²) in [5.74, 6) is 0.142. The molecule has 3 rings (SSSR count). The quantitative estimate of drug-likeness (QED) is 0.746. The van der Waals surface area contributed by atoms with Crippen LogP contribution in [0.25, 0.3) is 6.08 Å². The molecule has 0 aliphatic carbocycles. The van der Waals surface area contributed by atoms with Crippen LogP contribution >= 0.6 is 0 Å². The van der Waals surface area contributed by atoms with Gasteiger partial charge in [-0.15, -0.1) is 0 Å². The number of hydrogen-bond donors (Lipinski definition) is 1. The SMILES string of the molecule is COc1ccc([C@@H](CN2CCOCC2)NC(=O)/C=C/c2ccccc2F)cc1. The van der Waals surface area contributed by atoms with Crippen molar-refractivity contribution in [3.8, 4) is 5.75 Å². The number of amides is 1. The van der Waals surface area contributed by atoms with Crippen LogP contribution in [0.3, 0.4) is 0 Å². The van der Waals surface area contributed by atoms with E-state index >= 15 is 0 Å². The van der Waals surface area contributed by atoms with Crippen LogP contribution in [0.5, 0.6) is 5.75 Å². The minimum Gasteiger partial charge on any atom is -0.497 e. The zero-order chi connectivity index (χ0) is 19.8. The van der Waals surface area contributed by atoms with Gasteiger partial charge in [-0.25, -0.2) is 4.39 Å². The number of rotatable bonds is 7. The number of carbonyl (C=O) groups is 1. The predicted octanol–water partition coefficient (Wildman–Crippen LogP) is 3.04. The highest BCUT2D eigenvalue weighted by molar-refractivity contribution is 5.92. The Morgan fingerprint density at radius 3 is 2.61 bits per heavy atom. The van der Waals surface area contributed by atoms with Gasteiger partial charge in [-0.1, -0.05) is 30.3 Å². The molecule has 1 heterocycles. The predicted molar refractivity (Wildman–Crippen MR) is 107 cm³/mol. The van der Waals surface area contributed by atoms with Crippen molar-refractivity contribution in [1.29, 1.82) is 0 Å². The molecule has 1 fully saturated rings. The van der Waals surface area contributed by atoms with E-state index < -0.39 is 0 Å². The first-order valence-electron chi connectivity index (χ1n) is 9.33. The molecule has 148 valence electrons. The summed E-state index contributed by atoms with van der Waals surface area (Å²) in [6, 6.07) is 13.8. The third kappa shape index (κ3) is 5.65. The second-order valence-corrected chi connectivity index (χ2v) is 6.60. The van der Waals surface area contributed by atoms with Crippen molar-refractivity contribution < 1.29 is 18.7 Å². The molecule has 1 aliphatic rings. The monoisotopic (exact) mass is 384 g/mol. The smallest absolute Gasteiger partial charge is 0.244 e. The second kappa shape index (κ2) is 10.0. The van der Waals surface area contributed by atoms with E-state index in [1.54, 1.807) is 25.3 Å². The van der Waals surface area contributed by atoms with Crippen LogP contribution in [0.4, 0.5) is 4.39 Å². The lowest BCUT2D eigenvalue weighted by molar-refractivity contribution is -0.117. The van der Waals surface area contributed by atoms with Crippen molar-refractivity contribution in [2.45, 2.75) is 6.04 Å². The maximum absolute atomic E-state index is 13.7. The highest BCUT2D eigenvalue weighted by Gasteiger charge is 2.19. The number of nitrogens with zero attached hydrogens (tertiary/aromatic N) is 1. The normalized spacial score (nSPS) is 16.1. The number of nitrogens with one attached hydrogen (secondary N) is 1. The maximum atomic E-state index is 13.7. The van der Waals surface area contributed by atoms with E-state index in [-0.39, 0.29) is 17.8 Å². The lowest BCUT2D eigenvalue weighted by Gasteiger charge is -2.31. The molecule has 0 unspecified atom stereocenters. The average Bonchev–Trinajstić information content (AvgIpc) is 2.73. The largest absolute Gasteiger partial charge is 0.497 e. The fraction of sp³-hybridized carbons (Fsp3) is 0.318. The molecule has 5 nitrogen and oxygen atoms in total. The van der Waals surface area contributed by atoms with Crippen molar-refractivity contribution in [3.63, 3.8) is 0 Å². The summed E-state index contributed by atoms with van der Waals surface area (Å²) in [5, 5.41) is 3.04. The molecule has 6 heteroatoms. The Hall–Kier alpha value is -2.70. The summed E-state index contributed by atoms with van der Waals surface area (Å²) in [6.45, 7) is 3.71. The highest BCUT2D eigenvalue weighted by Crippen LogP contribution is 2.19. The summed E-state index contributed by atoms with van der Waals surface area (Å²) in [7, 11) is 1.62. The molecule has 1 saturated heterocycles. The van der Waals surface area contributed by atoms with Gasteiger partial charge in [-0.05, 0) is 29.8 Å². The topological polar surface area (TPSA) is 50.8 Å². The minimum atomic E-state index is -0.355. The standard InChI is InChI=1S/C22H25FN2O3/c1-27-19-9-6-18(7-10-19)21(16-25-12-14-28-15-13-25)24-22(26)11-8-17-4-2-3-5-20(17)23/h2-11,21H,12-16H2,1H3,(H,24,26)/b11-8+/t21-/m1/s1. The van der Waals surface area contributed by atoms with Crippen molar-refractivity contribution in [1.82, 2.24) is 10.2 Å². The number of carbonyl (C=O) groups excluding carboxylic acids is 1. The van der Waals surface area contributed by atoms with E-state index in [1.807, 2.05) is 24.3 Å². The Kier molecular flexibility index (Phi) is 7.17. The van der Waals surface area contributed by atoms with Gasteiger partial charge in [0.15, 0.2) is 0 Å². The fourth-order valence-electron chi connectivity index (χ4n) is 3.11. The first-order valence-corrected chi connectivity index (χ1v) is 9.33. The molecule has 0 spiro atoms. The average molecular weight is 384 g/mol. The summed E-state index contributed by atoms with van der Waals surface area (Å²) in [5.41, 5.74) is 1.37. The van der Waals surface area contributed by atoms with E-state index in [2.05, 4.69) is 10.2 Å². The molecule has 1 N–H and O–H groups in total. The van der Waals surface area contributed by atoms with Gasteiger partial charge in [0.2, 0.25) is 5.91 Å². The van der Waals surface area contributed by atoms with Gasteiger partial charge in [-0.2, -0.15) is 0 Å². The molecule has 0 aromatic heterocycles. The first kappa shape index (κ1) is 20.0. The van der Waals surface area contributed by atoms with Crippen molar-refractivity contribution in [3.05, 3.63) is 71.6 Å². The van der Waals surface area contributed by atoms with Gasteiger partial charge >= 0.3 is 0 Å². The van der Waals surface area contributed by atoms with E-state index in [1.165, 1.54) is 18.2 Å². The van der Waals surface area contributed by atoms with Gasteiger partial charge in [0.25, 0.3) is 0 Å². The van der Waals surface area contributed by atoms with Crippen LogP contribution in [0.15, 0.2) is 54.6 Å². The zero-order valence-corrected chi connectivity index (χ0v) is 15.9. The minimum absolute atomic E-state index is 0.193. The third-order valence-corrected chi connectivity index (χ3v) is 4.70. The number of ether oxygens (including phenoxy) is 2. The second-order valence-electron chi connectivity index (χ2n) is 6.60. The van der Waals surface area contributed by atoms with Gasteiger partial charge < -0.3 is 14.8 Å². The van der Waals surface area contributed by atoms with Gasteiger partial charge in [-0.3, -0.25) is 9.69 Å². The molecule has 0 saturated carbocycles. The molecule has 0 radical (unpaired) electrons. The lowest BCUT2D eigenvalue weighted by atomic mass is 10.1. The molecular formula is C22H25FN2O3. The number of benzene rings is 2. The summed E-state index contributed by atoms with van der Waals surface area (Å²) < 4.78 is 24.4. The van der Waals surface area contributed by atoms with E-state index in [0.717, 1.165) is 24.4 Å². The van der Waals surface area contributed by atoms with Gasteiger partial charge in [0.1, 0.15) is 11.6 Å². The van der Waals surface area contributed by atoms with Crippen molar-refractivity contribution in [2.24, 2.45) is 0 Å². The van der Waals surface area contributed by atoms with Crippen LogP contribution < -0.4 is 10.1 Å². The van der Waals surface area contributed by atoms with Crippen LogP contribution in [-0.4, -0.2) is 50.8 Å². The van der Waals surface area contributed by atoms with Gasteiger partial charge in [0.05, 0.1) is 26.4 Å². The van der Waals surface area contributed by atoms with E-state index in [4.69, 9.17) is 9.47 Å². The Morgan fingerprint density at radius 1 is 1.21 bits per heavy atom. The number of morpholine rings is 1. The fourth-order valence-corrected chi connectivity index (χ4v) is 3.11. The molecule has 28 heavy (non-hydrogen) atoms. The molecule has 0 bridgehead atoms. The van der Waals surface area contributed by atoms with Crippen LogP contribution in [-0.2, 0) is 9.53 Å². The van der Waals surface area contributed by atoms with Crippen LogP contribution in [0.2, 0.25) is 0 Å². The highest BCUT2D eigenvalue weighted by atomic mass is 19.1. The lowest BCUT2D eigenvalue weighted by Crippen LogP contribution is -2.42. The molecule has 2 aromatic carbocycles. The Morgan fingerprint density at radius 2 is 1.93 bits per heavy atom. The number of halogens is 1. The maximum Gasteiger partial charge on any atom is 0.244 e. The van der Waals surface area contributed by atoms with E-state index in [0.29, 0.717) is 25.3 Å². The molecule has 1 aliphatic heterocycles. The van der Waals surface area contributed by atoms with Gasteiger partial charge in [0, 0.05) is 31.3 Å². The molecule has 1 amide bonds. The summed E-state index contributed by atoms with van der Waals surface area (Å²) >= 11 is 0. The molecule has 1 atom stereocenters. The van der Waals surface area contributed by atoms with E-state index in [9.17, 15) is 9.18 Å². The Bertz CT molecular complexity index is 802.